The molecule has 1 rings (SSSR count). The average molecular weight is 257 g/mol. The van der Waals surface area contributed by atoms with Crippen molar-refractivity contribution in [2.45, 2.75) is 58.6 Å². The van der Waals surface area contributed by atoms with E-state index in [-0.39, 0.29) is 0 Å². The van der Waals surface area contributed by atoms with Crippen LogP contribution in [0.4, 0.5) is 0 Å². The molecule has 1 aliphatic rings. The number of hydrogen-bond acceptors (Lipinski definition) is 3. The van der Waals surface area contributed by atoms with Gasteiger partial charge in [0.2, 0.25) is 0 Å². The van der Waals surface area contributed by atoms with Crippen LogP contribution in [0, 0.1) is 11.8 Å². The quantitative estimate of drug-likeness (QED) is 0.734. The summed E-state index contributed by atoms with van der Waals surface area (Å²) in [6, 6.07) is -0.477. The van der Waals surface area contributed by atoms with Crippen molar-refractivity contribution < 1.29 is 14.6 Å². The average Bonchev–Trinajstić information content (AvgIpc) is 2.32. The highest BCUT2D eigenvalue weighted by Gasteiger charge is 2.25. The van der Waals surface area contributed by atoms with E-state index in [2.05, 4.69) is 19.2 Å². The summed E-state index contributed by atoms with van der Waals surface area (Å²) in [6.45, 7) is 7.71. The van der Waals surface area contributed by atoms with Gasteiger partial charge >= 0.3 is 5.97 Å². The van der Waals surface area contributed by atoms with E-state index in [1.54, 1.807) is 0 Å². The van der Waals surface area contributed by atoms with Crippen molar-refractivity contribution in [3.8, 4) is 0 Å². The molecule has 4 heteroatoms. The molecule has 0 aliphatic heterocycles. The molecule has 18 heavy (non-hydrogen) atoms. The number of carbonyl (C=O) groups is 1. The Labute approximate surface area is 110 Å². The Hall–Kier alpha value is -0.610. The van der Waals surface area contributed by atoms with Gasteiger partial charge < -0.3 is 15.2 Å². The van der Waals surface area contributed by atoms with Crippen LogP contribution in [0.25, 0.3) is 0 Å². The van der Waals surface area contributed by atoms with Gasteiger partial charge in [-0.1, -0.05) is 20.8 Å². The maximum Gasteiger partial charge on any atom is 0.320 e. The maximum atomic E-state index is 10.9. The van der Waals surface area contributed by atoms with E-state index in [0.29, 0.717) is 31.6 Å². The van der Waals surface area contributed by atoms with Crippen molar-refractivity contribution in [2.24, 2.45) is 11.8 Å². The van der Waals surface area contributed by atoms with Gasteiger partial charge in [0.05, 0.1) is 6.10 Å². The number of likely N-dealkylation sites (N-methyl/N-ethyl adjacent to an activating group) is 1. The van der Waals surface area contributed by atoms with Crippen LogP contribution in [0.2, 0.25) is 0 Å². The molecule has 0 spiro atoms. The Morgan fingerprint density at radius 2 is 2.11 bits per heavy atom. The predicted octanol–water partition coefficient (Wildman–Crippen LogP) is 2.28. The normalized spacial score (nSPS) is 30.1. The molecular formula is C14H27NO3. The third kappa shape index (κ3) is 4.94. The second-order valence-electron chi connectivity index (χ2n) is 5.50. The van der Waals surface area contributed by atoms with Gasteiger partial charge in [0.1, 0.15) is 6.04 Å². The lowest BCUT2D eigenvalue weighted by molar-refractivity contribution is -0.140. The minimum Gasteiger partial charge on any atom is -0.480 e. The standard InChI is InChI=1S/C14H27NO3/c1-4-15-13(14(16)17)7-8-18-12-6-5-10(2)11(3)9-12/h10-13,15H,4-9H2,1-3H3,(H,16,17). The number of nitrogens with one attached hydrogen (secondary N) is 1. The number of ether oxygens (including phenoxy) is 1. The molecule has 0 radical (unpaired) electrons. The Bertz CT molecular complexity index is 257. The lowest BCUT2D eigenvalue weighted by Crippen LogP contribution is -2.38. The first kappa shape index (κ1) is 15.4. The molecule has 2 N–H and O–H groups in total. The monoisotopic (exact) mass is 257 g/mol. The van der Waals surface area contributed by atoms with E-state index < -0.39 is 12.0 Å². The number of carboxylic acid groups (broad SMARTS) is 1. The Morgan fingerprint density at radius 3 is 2.67 bits per heavy atom. The van der Waals surface area contributed by atoms with Crippen LogP contribution in [0.1, 0.15) is 46.5 Å². The molecule has 4 nitrogen and oxygen atoms in total. The van der Waals surface area contributed by atoms with Gasteiger partial charge in [-0.2, -0.15) is 0 Å². The highest BCUT2D eigenvalue weighted by atomic mass is 16.5. The second-order valence-corrected chi connectivity index (χ2v) is 5.50. The summed E-state index contributed by atoms with van der Waals surface area (Å²) in [5.74, 6) is 0.720. The molecular weight excluding hydrogens is 230 g/mol. The minimum atomic E-state index is -0.786. The van der Waals surface area contributed by atoms with Crippen molar-refractivity contribution in [1.82, 2.24) is 5.32 Å². The van der Waals surface area contributed by atoms with Crippen LogP contribution in [0.3, 0.4) is 0 Å². The van der Waals surface area contributed by atoms with Crippen LogP contribution in [-0.2, 0) is 9.53 Å². The van der Waals surface area contributed by atoms with Crippen molar-refractivity contribution in [2.75, 3.05) is 13.2 Å². The van der Waals surface area contributed by atoms with E-state index in [4.69, 9.17) is 9.84 Å². The van der Waals surface area contributed by atoms with E-state index in [0.717, 1.165) is 18.8 Å². The Morgan fingerprint density at radius 1 is 1.39 bits per heavy atom. The topological polar surface area (TPSA) is 58.6 Å². The molecule has 0 aromatic carbocycles. The molecule has 0 amide bonds. The van der Waals surface area contributed by atoms with Crippen LogP contribution in [0.15, 0.2) is 0 Å². The molecule has 106 valence electrons. The summed E-state index contributed by atoms with van der Waals surface area (Å²) in [4.78, 5) is 10.9. The highest BCUT2D eigenvalue weighted by Crippen LogP contribution is 2.30. The summed E-state index contributed by atoms with van der Waals surface area (Å²) in [5.41, 5.74) is 0. The van der Waals surface area contributed by atoms with Gasteiger partial charge in [0.15, 0.2) is 0 Å². The van der Waals surface area contributed by atoms with E-state index in [9.17, 15) is 4.79 Å². The van der Waals surface area contributed by atoms with Gasteiger partial charge in [-0.05, 0) is 44.1 Å². The fourth-order valence-corrected chi connectivity index (χ4v) is 2.56. The number of carboxylic acids is 1. The van der Waals surface area contributed by atoms with Crippen LogP contribution in [0.5, 0.6) is 0 Å². The van der Waals surface area contributed by atoms with Crippen molar-refractivity contribution >= 4 is 5.97 Å². The summed E-state index contributed by atoms with van der Waals surface area (Å²) in [6.07, 6.45) is 4.32. The molecule has 0 heterocycles. The van der Waals surface area contributed by atoms with E-state index >= 15 is 0 Å². The summed E-state index contributed by atoms with van der Waals surface area (Å²) < 4.78 is 5.83. The van der Waals surface area contributed by atoms with Crippen LogP contribution >= 0.6 is 0 Å². The first-order valence-electron chi connectivity index (χ1n) is 7.12. The molecule has 0 bridgehead atoms. The Kier molecular flexibility index (Phi) is 6.65. The first-order valence-corrected chi connectivity index (χ1v) is 7.12. The van der Waals surface area contributed by atoms with Gasteiger partial charge in [-0.15, -0.1) is 0 Å². The smallest absolute Gasteiger partial charge is 0.320 e. The SMILES string of the molecule is CCNC(CCOC1CCC(C)C(C)C1)C(=O)O. The molecule has 1 fully saturated rings. The molecule has 4 unspecified atom stereocenters. The maximum absolute atomic E-state index is 10.9. The van der Waals surface area contributed by atoms with Crippen molar-refractivity contribution in [3.05, 3.63) is 0 Å². The molecule has 4 atom stereocenters. The van der Waals surface area contributed by atoms with Crippen molar-refractivity contribution in [3.63, 3.8) is 0 Å². The highest BCUT2D eigenvalue weighted by molar-refractivity contribution is 5.73. The van der Waals surface area contributed by atoms with Gasteiger partial charge in [-0.3, -0.25) is 4.79 Å². The zero-order valence-electron chi connectivity index (χ0n) is 11.8. The minimum absolute atomic E-state index is 0.326. The molecule has 0 aromatic rings. The number of hydrogen-bond donors (Lipinski definition) is 2. The Balaban J connectivity index is 2.22. The molecule has 1 saturated carbocycles. The first-order chi connectivity index (χ1) is 8.54. The third-order valence-electron chi connectivity index (χ3n) is 4.06. The van der Waals surface area contributed by atoms with Gasteiger partial charge in [0.25, 0.3) is 0 Å². The molecule has 1 aliphatic carbocycles. The lowest BCUT2D eigenvalue weighted by Gasteiger charge is -2.32. The third-order valence-corrected chi connectivity index (χ3v) is 4.06. The zero-order valence-corrected chi connectivity index (χ0v) is 11.8. The summed E-state index contributed by atoms with van der Waals surface area (Å²) in [7, 11) is 0. The van der Waals surface area contributed by atoms with Gasteiger partial charge in [-0.25, -0.2) is 0 Å². The van der Waals surface area contributed by atoms with E-state index in [1.165, 1.54) is 6.42 Å². The molecule has 0 aromatic heterocycles. The summed E-state index contributed by atoms with van der Waals surface area (Å²) in [5, 5.41) is 12.0. The van der Waals surface area contributed by atoms with E-state index in [1.807, 2.05) is 6.92 Å². The fraction of sp³-hybridized carbons (Fsp3) is 0.929. The fourth-order valence-electron chi connectivity index (χ4n) is 2.56. The summed E-state index contributed by atoms with van der Waals surface area (Å²) >= 11 is 0. The zero-order chi connectivity index (χ0) is 13.5. The number of rotatable bonds is 7. The second kappa shape index (κ2) is 7.74. The predicted molar refractivity (Wildman–Crippen MR) is 71.6 cm³/mol. The lowest BCUT2D eigenvalue weighted by atomic mass is 9.80. The number of aliphatic carboxylic acids is 1. The van der Waals surface area contributed by atoms with Gasteiger partial charge in [0, 0.05) is 6.61 Å². The largest absolute Gasteiger partial charge is 0.480 e. The molecule has 0 saturated heterocycles. The van der Waals surface area contributed by atoms with Crippen LogP contribution < -0.4 is 5.32 Å². The van der Waals surface area contributed by atoms with Crippen LogP contribution in [-0.4, -0.2) is 36.4 Å². The van der Waals surface area contributed by atoms with Crippen molar-refractivity contribution in [1.29, 1.82) is 0 Å².